The Morgan fingerprint density at radius 1 is 1.08 bits per heavy atom. The van der Waals surface area contributed by atoms with Crippen molar-refractivity contribution in [3.8, 4) is 11.5 Å². The molecule has 0 saturated heterocycles. The van der Waals surface area contributed by atoms with Gasteiger partial charge in [-0.05, 0) is 36.8 Å². The number of aromatic nitrogens is 2. The van der Waals surface area contributed by atoms with E-state index in [9.17, 15) is 0 Å². The van der Waals surface area contributed by atoms with E-state index >= 15 is 0 Å². The Kier molecular flexibility index (Phi) is 3.54. The number of hydrogen-bond acceptors (Lipinski definition) is 5. The highest BCUT2D eigenvalue weighted by atomic mass is 16.5. The zero-order valence-corrected chi connectivity index (χ0v) is 13.6. The molecule has 5 nitrogen and oxygen atoms in total. The summed E-state index contributed by atoms with van der Waals surface area (Å²) in [4.78, 5) is 11.2. The minimum atomic E-state index is 0.451. The zero-order chi connectivity index (χ0) is 16.5. The van der Waals surface area contributed by atoms with Gasteiger partial charge < -0.3 is 9.47 Å². The third-order valence-corrected chi connectivity index (χ3v) is 3.97. The first-order valence-electron chi connectivity index (χ1n) is 7.74. The Balaban J connectivity index is 2.00. The SMILES string of the molecule is COc1ccccc1N1c2ncccc2COc2cc(C)cnc21. The Morgan fingerprint density at radius 2 is 1.96 bits per heavy atom. The van der Waals surface area contributed by atoms with E-state index in [0.717, 1.165) is 34.1 Å². The van der Waals surface area contributed by atoms with Gasteiger partial charge in [-0.3, -0.25) is 4.90 Å². The van der Waals surface area contributed by atoms with E-state index < -0.39 is 0 Å². The van der Waals surface area contributed by atoms with Crippen molar-refractivity contribution in [2.24, 2.45) is 0 Å². The van der Waals surface area contributed by atoms with Crippen molar-refractivity contribution in [1.29, 1.82) is 0 Å². The van der Waals surface area contributed by atoms with Crippen molar-refractivity contribution < 1.29 is 9.47 Å². The number of benzene rings is 1. The number of methoxy groups -OCH3 is 1. The lowest BCUT2D eigenvalue weighted by Gasteiger charge is -2.25. The Labute approximate surface area is 140 Å². The maximum Gasteiger partial charge on any atom is 0.181 e. The number of pyridine rings is 2. The number of nitrogens with zero attached hydrogens (tertiary/aromatic N) is 3. The summed E-state index contributed by atoms with van der Waals surface area (Å²) in [5, 5.41) is 0. The zero-order valence-electron chi connectivity index (χ0n) is 13.6. The molecule has 0 saturated carbocycles. The second-order valence-electron chi connectivity index (χ2n) is 5.62. The Morgan fingerprint density at radius 3 is 2.83 bits per heavy atom. The standard InChI is InChI=1S/C19H17N3O2/c1-13-10-17-19(21-11-13)22(15-7-3-4-8-16(15)23-2)18-14(12-24-17)6-5-9-20-18/h3-11H,12H2,1-2H3. The van der Waals surface area contributed by atoms with Gasteiger partial charge in [-0.1, -0.05) is 18.2 Å². The Bertz CT molecular complexity index is 895. The van der Waals surface area contributed by atoms with Crippen molar-refractivity contribution in [2.45, 2.75) is 13.5 Å². The normalized spacial score (nSPS) is 12.7. The van der Waals surface area contributed by atoms with Gasteiger partial charge in [0.1, 0.15) is 18.2 Å². The number of para-hydroxylation sites is 2. The van der Waals surface area contributed by atoms with Crippen LogP contribution < -0.4 is 14.4 Å². The summed E-state index contributed by atoms with van der Waals surface area (Å²) in [5.41, 5.74) is 2.93. The van der Waals surface area contributed by atoms with Gasteiger partial charge >= 0.3 is 0 Å². The number of rotatable bonds is 2. The largest absolute Gasteiger partial charge is 0.495 e. The minimum Gasteiger partial charge on any atom is -0.495 e. The van der Waals surface area contributed by atoms with Crippen LogP contribution in [-0.4, -0.2) is 17.1 Å². The lowest BCUT2D eigenvalue weighted by Crippen LogP contribution is -2.14. The van der Waals surface area contributed by atoms with E-state index in [0.29, 0.717) is 12.4 Å². The highest BCUT2D eigenvalue weighted by Crippen LogP contribution is 2.45. The van der Waals surface area contributed by atoms with E-state index in [4.69, 9.17) is 9.47 Å². The molecule has 0 aliphatic carbocycles. The fourth-order valence-corrected chi connectivity index (χ4v) is 2.85. The average Bonchev–Trinajstić information content (AvgIpc) is 2.78. The monoisotopic (exact) mass is 319 g/mol. The van der Waals surface area contributed by atoms with Crippen LogP contribution in [0.25, 0.3) is 0 Å². The first-order chi connectivity index (χ1) is 11.8. The van der Waals surface area contributed by atoms with Gasteiger partial charge in [0, 0.05) is 18.0 Å². The molecule has 5 heteroatoms. The van der Waals surface area contributed by atoms with E-state index in [2.05, 4.69) is 9.97 Å². The smallest absolute Gasteiger partial charge is 0.181 e. The van der Waals surface area contributed by atoms with Crippen LogP contribution in [0.3, 0.4) is 0 Å². The molecule has 0 spiro atoms. The fraction of sp³-hybridized carbons (Fsp3) is 0.158. The van der Waals surface area contributed by atoms with Crippen molar-refractivity contribution >= 4 is 17.3 Å². The summed E-state index contributed by atoms with van der Waals surface area (Å²) in [6.07, 6.45) is 3.61. The summed E-state index contributed by atoms with van der Waals surface area (Å²) in [6, 6.07) is 13.8. The molecule has 3 heterocycles. The molecular weight excluding hydrogens is 302 g/mol. The van der Waals surface area contributed by atoms with E-state index in [1.54, 1.807) is 13.3 Å². The molecule has 4 rings (SSSR count). The topological polar surface area (TPSA) is 47.5 Å². The molecule has 0 fully saturated rings. The van der Waals surface area contributed by atoms with Crippen LogP contribution in [0.15, 0.2) is 54.9 Å². The van der Waals surface area contributed by atoms with Crippen molar-refractivity contribution in [1.82, 2.24) is 9.97 Å². The molecule has 1 aliphatic heterocycles. The van der Waals surface area contributed by atoms with Gasteiger partial charge in [0.2, 0.25) is 0 Å². The van der Waals surface area contributed by atoms with Gasteiger partial charge in [0.15, 0.2) is 11.6 Å². The molecular formula is C19H17N3O2. The van der Waals surface area contributed by atoms with Crippen molar-refractivity contribution in [3.05, 3.63) is 66.0 Å². The second kappa shape index (κ2) is 5.85. The van der Waals surface area contributed by atoms with Crippen LogP contribution in [-0.2, 0) is 6.61 Å². The third kappa shape index (κ3) is 2.34. The molecule has 24 heavy (non-hydrogen) atoms. The minimum absolute atomic E-state index is 0.451. The predicted molar refractivity (Wildman–Crippen MR) is 92.3 cm³/mol. The second-order valence-corrected chi connectivity index (χ2v) is 5.62. The molecule has 0 atom stereocenters. The van der Waals surface area contributed by atoms with Crippen LogP contribution in [0.2, 0.25) is 0 Å². The highest BCUT2D eigenvalue weighted by Gasteiger charge is 2.27. The van der Waals surface area contributed by atoms with E-state index in [-0.39, 0.29) is 0 Å². The van der Waals surface area contributed by atoms with Gasteiger partial charge in [-0.2, -0.15) is 0 Å². The van der Waals surface area contributed by atoms with Crippen LogP contribution >= 0.6 is 0 Å². The van der Waals surface area contributed by atoms with Crippen LogP contribution in [0, 0.1) is 6.92 Å². The van der Waals surface area contributed by atoms with E-state index in [1.165, 1.54) is 0 Å². The summed E-state index contributed by atoms with van der Waals surface area (Å²) >= 11 is 0. The molecule has 0 amide bonds. The van der Waals surface area contributed by atoms with E-state index in [1.807, 2.05) is 60.5 Å². The lowest BCUT2D eigenvalue weighted by atomic mass is 10.2. The molecule has 1 aromatic carbocycles. The third-order valence-electron chi connectivity index (χ3n) is 3.97. The van der Waals surface area contributed by atoms with Gasteiger partial charge in [-0.25, -0.2) is 9.97 Å². The first-order valence-corrected chi connectivity index (χ1v) is 7.74. The molecule has 0 bridgehead atoms. The first kappa shape index (κ1) is 14.5. The predicted octanol–water partition coefficient (Wildman–Crippen LogP) is 4.16. The van der Waals surface area contributed by atoms with Gasteiger partial charge in [0.25, 0.3) is 0 Å². The average molecular weight is 319 g/mol. The van der Waals surface area contributed by atoms with Gasteiger partial charge in [0.05, 0.1) is 12.8 Å². The molecule has 2 aromatic heterocycles. The highest BCUT2D eigenvalue weighted by molar-refractivity contribution is 5.81. The Hall–Kier alpha value is -3.08. The summed E-state index contributed by atoms with van der Waals surface area (Å²) in [7, 11) is 1.66. The molecule has 0 unspecified atom stereocenters. The number of fused-ring (bicyclic) bond motifs is 2. The molecule has 1 aliphatic rings. The number of anilines is 3. The fourth-order valence-electron chi connectivity index (χ4n) is 2.85. The van der Waals surface area contributed by atoms with Crippen LogP contribution in [0.1, 0.15) is 11.1 Å². The molecule has 120 valence electrons. The number of ether oxygens (including phenoxy) is 2. The molecule has 0 radical (unpaired) electrons. The molecule has 0 N–H and O–H groups in total. The number of hydrogen-bond donors (Lipinski definition) is 0. The summed E-state index contributed by atoms with van der Waals surface area (Å²) < 4.78 is 11.6. The number of aryl methyl sites for hydroxylation is 1. The maximum absolute atomic E-state index is 6.00. The molecule has 3 aromatic rings. The quantitative estimate of drug-likeness (QED) is 0.710. The lowest BCUT2D eigenvalue weighted by molar-refractivity contribution is 0.309. The van der Waals surface area contributed by atoms with Crippen molar-refractivity contribution in [3.63, 3.8) is 0 Å². The van der Waals surface area contributed by atoms with Gasteiger partial charge in [-0.15, -0.1) is 0 Å². The van der Waals surface area contributed by atoms with Crippen molar-refractivity contribution in [2.75, 3.05) is 12.0 Å². The van der Waals surface area contributed by atoms with Crippen LogP contribution in [0.5, 0.6) is 11.5 Å². The summed E-state index contributed by atoms with van der Waals surface area (Å²) in [6.45, 7) is 2.45. The van der Waals surface area contributed by atoms with Crippen LogP contribution in [0.4, 0.5) is 17.3 Å². The summed E-state index contributed by atoms with van der Waals surface area (Å²) in [5.74, 6) is 3.00. The maximum atomic E-state index is 6.00.